The van der Waals surface area contributed by atoms with Gasteiger partial charge in [-0.2, -0.15) is 4.31 Å². The summed E-state index contributed by atoms with van der Waals surface area (Å²) in [5, 5.41) is 0. The molecule has 2 aromatic carbocycles. The van der Waals surface area contributed by atoms with Crippen molar-refractivity contribution in [2.75, 3.05) is 32.8 Å². The van der Waals surface area contributed by atoms with E-state index in [1.165, 1.54) is 25.6 Å². The van der Waals surface area contributed by atoms with E-state index in [1.807, 2.05) is 31.2 Å². The fraction of sp³-hybridized carbons (Fsp3) is 0.364. The van der Waals surface area contributed by atoms with Gasteiger partial charge in [-0.15, -0.1) is 0 Å². The summed E-state index contributed by atoms with van der Waals surface area (Å²) in [6.07, 6.45) is 0. The van der Waals surface area contributed by atoms with Crippen LogP contribution in [0.15, 0.2) is 52.2 Å². The maximum atomic E-state index is 13.2. The number of aromatic nitrogens is 2. The molecule has 0 N–H and O–H groups in total. The number of aryl methyl sites for hydroxylation is 3. The molecule has 3 aromatic rings. The van der Waals surface area contributed by atoms with Crippen molar-refractivity contribution in [3.63, 3.8) is 0 Å². The van der Waals surface area contributed by atoms with Gasteiger partial charge < -0.3 is 9.64 Å². The summed E-state index contributed by atoms with van der Waals surface area (Å²) in [4.78, 5) is 26.4. The van der Waals surface area contributed by atoms with E-state index in [9.17, 15) is 18.0 Å². The first-order chi connectivity index (χ1) is 15.2. The average Bonchev–Trinajstić information content (AvgIpc) is 3.02. The Kier molecular flexibility index (Phi) is 5.83. The Hall–Kier alpha value is -3.11. The maximum Gasteiger partial charge on any atom is 0.328 e. The van der Waals surface area contributed by atoms with Crippen LogP contribution in [-0.4, -0.2) is 65.5 Å². The van der Waals surface area contributed by atoms with Crippen LogP contribution in [0.2, 0.25) is 0 Å². The van der Waals surface area contributed by atoms with Crippen molar-refractivity contribution < 1.29 is 17.9 Å². The molecule has 0 atom stereocenters. The Bertz CT molecular complexity index is 1320. The van der Waals surface area contributed by atoms with Crippen LogP contribution >= 0.6 is 0 Å². The van der Waals surface area contributed by atoms with E-state index in [2.05, 4.69) is 0 Å². The summed E-state index contributed by atoms with van der Waals surface area (Å²) in [6, 6.07) is 12.1. The van der Waals surface area contributed by atoms with Gasteiger partial charge in [0.1, 0.15) is 5.75 Å². The highest BCUT2D eigenvalue weighted by Gasteiger charge is 2.30. The number of carbonyl (C=O) groups excluding carboxylic acids is 1. The summed E-state index contributed by atoms with van der Waals surface area (Å²) < 4.78 is 36.1. The molecule has 0 saturated carbocycles. The highest BCUT2D eigenvalue weighted by molar-refractivity contribution is 7.89. The van der Waals surface area contributed by atoms with E-state index in [4.69, 9.17) is 4.74 Å². The number of hydrogen-bond acceptors (Lipinski definition) is 5. The predicted octanol–water partition coefficient (Wildman–Crippen LogP) is 1.10. The van der Waals surface area contributed by atoms with Crippen LogP contribution in [0.25, 0.3) is 11.0 Å². The van der Waals surface area contributed by atoms with Gasteiger partial charge in [-0.3, -0.25) is 13.9 Å². The lowest BCUT2D eigenvalue weighted by Crippen LogP contribution is -2.51. The minimum Gasteiger partial charge on any atom is -0.484 e. The lowest BCUT2D eigenvalue weighted by molar-refractivity contribution is -0.134. The Balaban J connectivity index is 1.41. The number of hydrogen-bond donors (Lipinski definition) is 0. The highest BCUT2D eigenvalue weighted by atomic mass is 32.2. The second-order valence-electron chi connectivity index (χ2n) is 7.94. The first-order valence-electron chi connectivity index (χ1n) is 10.3. The molecule has 0 aliphatic carbocycles. The van der Waals surface area contributed by atoms with E-state index in [0.29, 0.717) is 29.9 Å². The van der Waals surface area contributed by atoms with Gasteiger partial charge in [0.15, 0.2) is 6.61 Å². The van der Waals surface area contributed by atoms with Crippen molar-refractivity contribution in [1.82, 2.24) is 18.3 Å². The molecule has 0 bridgehead atoms. The largest absolute Gasteiger partial charge is 0.484 e. The van der Waals surface area contributed by atoms with Gasteiger partial charge in [-0.1, -0.05) is 17.7 Å². The summed E-state index contributed by atoms with van der Waals surface area (Å²) in [6.45, 7) is 2.87. The number of piperazine rings is 1. The molecule has 1 aliphatic rings. The second-order valence-corrected chi connectivity index (χ2v) is 9.88. The molecule has 0 radical (unpaired) electrons. The van der Waals surface area contributed by atoms with Crippen molar-refractivity contribution in [2.45, 2.75) is 11.8 Å². The van der Waals surface area contributed by atoms with Crippen LogP contribution in [-0.2, 0) is 28.9 Å². The third-order valence-corrected chi connectivity index (χ3v) is 7.75. The van der Waals surface area contributed by atoms with Crippen molar-refractivity contribution >= 4 is 27.0 Å². The van der Waals surface area contributed by atoms with Gasteiger partial charge in [-0.05, 0) is 37.3 Å². The molecule has 9 nitrogen and oxygen atoms in total. The minimum atomic E-state index is -3.74. The normalized spacial score (nSPS) is 15.3. The monoisotopic (exact) mass is 458 g/mol. The van der Waals surface area contributed by atoms with Crippen LogP contribution in [0.5, 0.6) is 5.75 Å². The van der Waals surface area contributed by atoms with Gasteiger partial charge in [0.05, 0.1) is 15.9 Å². The topological polar surface area (TPSA) is 93.8 Å². The number of imidazole rings is 1. The van der Waals surface area contributed by atoms with Gasteiger partial charge in [0.25, 0.3) is 5.91 Å². The Morgan fingerprint density at radius 1 is 0.938 bits per heavy atom. The molecule has 1 amide bonds. The Morgan fingerprint density at radius 2 is 1.56 bits per heavy atom. The number of fused-ring (bicyclic) bond motifs is 1. The van der Waals surface area contributed by atoms with E-state index in [0.717, 1.165) is 5.56 Å². The van der Waals surface area contributed by atoms with Crippen LogP contribution < -0.4 is 10.4 Å². The van der Waals surface area contributed by atoms with Crippen molar-refractivity contribution in [2.24, 2.45) is 14.1 Å². The number of nitrogens with zero attached hydrogens (tertiary/aromatic N) is 4. The summed E-state index contributed by atoms with van der Waals surface area (Å²) >= 11 is 0. The fourth-order valence-electron chi connectivity index (χ4n) is 3.84. The highest BCUT2D eigenvalue weighted by Crippen LogP contribution is 2.22. The SMILES string of the molecule is Cc1ccc(OCC(=O)N2CCN(S(=O)(=O)c3ccc4c(c3)n(C)c(=O)n4C)CC2)cc1. The van der Waals surface area contributed by atoms with E-state index in [-0.39, 0.29) is 36.2 Å². The van der Waals surface area contributed by atoms with E-state index in [1.54, 1.807) is 25.1 Å². The van der Waals surface area contributed by atoms with Crippen molar-refractivity contribution in [1.29, 1.82) is 0 Å². The molecule has 1 aliphatic heterocycles. The molecule has 32 heavy (non-hydrogen) atoms. The van der Waals surface area contributed by atoms with Gasteiger partial charge in [0, 0.05) is 40.3 Å². The van der Waals surface area contributed by atoms with Crippen molar-refractivity contribution in [3.8, 4) is 5.75 Å². The zero-order valence-corrected chi connectivity index (χ0v) is 19.1. The molecule has 1 aromatic heterocycles. The zero-order valence-electron chi connectivity index (χ0n) is 18.3. The van der Waals surface area contributed by atoms with Gasteiger partial charge >= 0.3 is 5.69 Å². The first kappa shape index (κ1) is 22.1. The van der Waals surface area contributed by atoms with Gasteiger partial charge in [0.2, 0.25) is 10.0 Å². The summed E-state index contributed by atoms with van der Waals surface area (Å²) in [5.74, 6) is 0.444. The van der Waals surface area contributed by atoms with Crippen LogP contribution in [0, 0.1) is 6.92 Å². The number of amides is 1. The van der Waals surface area contributed by atoms with Crippen LogP contribution in [0.1, 0.15) is 5.56 Å². The van der Waals surface area contributed by atoms with Gasteiger partial charge in [-0.25, -0.2) is 13.2 Å². The maximum absolute atomic E-state index is 13.2. The van der Waals surface area contributed by atoms with E-state index >= 15 is 0 Å². The third kappa shape index (κ3) is 4.03. The molecule has 10 heteroatoms. The lowest BCUT2D eigenvalue weighted by Gasteiger charge is -2.34. The second kappa shape index (κ2) is 8.44. The number of carbonyl (C=O) groups is 1. The molecule has 0 spiro atoms. The van der Waals surface area contributed by atoms with E-state index < -0.39 is 10.0 Å². The van der Waals surface area contributed by atoms with Crippen molar-refractivity contribution in [3.05, 3.63) is 58.5 Å². The minimum absolute atomic E-state index is 0.0888. The summed E-state index contributed by atoms with van der Waals surface area (Å²) in [5.41, 5.74) is 2.12. The lowest BCUT2D eigenvalue weighted by atomic mass is 10.2. The Labute approximate surface area is 186 Å². The molecular formula is C22H26N4O5S. The molecule has 4 rings (SSSR count). The number of rotatable bonds is 5. The average molecular weight is 459 g/mol. The molecule has 1 fully saturated rings. The molecule has 2 heterocycles. The third-order valence-electron chi connectivity index (χ3n) is 5.86. The number of sulfonamides is 1. The smallest absolute Gasteiger partial charge is 0.328 e. The standard InChI is InChI=1S/C22H26N4O5S/c1-16-4-6-17(7-5-16)31-15-21(27)25-10-12-26(13-11-25)32(29,30)18-8-9-19-20(14-18)24(3)22(28)23(19)2/h4-9,14H,10-13,15H2,1-3H3. The molecule has 170 valence electrons. The Morgan fingerprint density at radius 3 is 2.22 bits per heavy atom. The quantitative estimate of drug-likeness (QED) is 0.571. The summed E-state index contributed by atoms with van der Waals surface area (Å²) in [7, 11) is -0.477. The predicted molar refractivity (Wildman–Crippen MR) is 120 cm³/mol. The first-order valence-corrected chi connectivity index (χ1v) is 11.8. The number of benzene rings is 2. The number of ether oxygens (including phenoxy) is 1. The van der Waals surface area contributed by atoms with Crippen LogP contribution in [0.3, 0.4) is 0 Å². The molecule has 0 unspecified atom stereocenters. The van der Waals surface area contributed by atoms with Crippen LogP contribution in [0.4, 0.5) is 0 Å². The molecular weight excluding hydrogens is 432 g/mol. The molecule has 1 saturated heterocycles. The zero-order chi connectivity index (χ0) is 23.0. The fourth-order valence-corrected chi connectivity index (χ4v) is 5.29.